The molecule has 2 aliphatic heterocycles. The third kappa shape index (κ3) is 3.37. The lowest BCUT2D eigenvalue weighted by atomic mass is 9.96. The lowest BCUT2D eigenvalue weighted by molar-refractivity contribution is -0.117. The molecule has 1 aromatic carbocycles. The molecule has 1 aromatic heterocycles. The van der Waals surface area contributed by atoms with Crippen molar-refractivity contribution in [3.63, 3.8) is 0 Å². The Labute approximate surface area is 192 Å². The van der Waals surface area contributed by atoms with Gasteiger partial charge in [-0.2, -0.15) is 0 Å². The topological polar surface area (TPSA) is 57.7 Å². The summed E-state index contributed by atoms with van der Waals surface area (Å²) in [5.41, 5.74) is 0.748. The van der Waals surface area contributed by atoms with E-state index in [9.17, 15) is 9.18 Å². The van der Waals surface area contributed by atoms with Gasteiger partial charge in [-0.25, -0.2) is 9.37 Å². The first kappa shape index (κ1) is 20.6. The van der Waals surface area contributed by atoms with Gasteiger partial charge in [-0.15, -0.1) is 0 Å². The van der Waals surface area contributed by atoms with Crippen molar-refractivity contribution in [2.24, 2.45) is 11.3 Å². The molecular weight excluding hydrogens is 431 g/mol. The lowest BCUT2D eigenvalue weighted by Crippen LogP contribution is -2.59. The van der Waals surface area contributed by atoms with Crippen molar-refractivity contribution in [1.29, 1.82) is 0 Å². The second-order valence-electron chi connectivity index (χ2n) is 10.1. The Kier molecular flexibility index (Phi) is 4.69. The summed E-state index contributed by atoms with van der Waals surface area (Å²) in [6.07, 6.45) is 4.20. The zero-order chi connectivity index (χ0) is 22.1. The number of alkyl halides is 1. The first-order valence-corrected chi connectivity index (χ1v) is 11.9. The second kappa shape index (κ2) is 7.27. The molecule has 1 amide bonds. The molecule has 4 aliphatic rings. The number of piperazine rings is 1. The molecule has 2 aromatic rings. The fraction of sp³-hybridized carbons (Fsp3) is 0.583. The van der Waals surface area contributed by atoms with Crippen LogP contribution in [-0.4, -0.2) is 66.9 Å². The Hall–Kier alpha value is -1.96. The van der Waals surface area contributed by atoms with Crippen LogP contribution in [0.5, 0.6) is 0 Å². The summed E-state index contributed by atoms with van der Waals surface area (Å²) in [4.78, 5) is 21.4. The van der Waals surface area contributed by atoms with E-state index in [2.05, 4.69) is 26.2 Å². The molecule has 1 unspecified atom stereocenters. The van der Waals surface area contributed by atoms with Gasteiger partial charge in [0.15, 0.2) is 0 Å². The van der Waals surface area contributed by atoms with Gasteiger partial charge in [0, 0.05) is 43.7 Å². The van der Waals surface area contributed by atoms with Gasteiger partial charge in [0.2, 0.25) is 5.91 Å². The maximum absolute atomic E-state index is 14.4. The second-order valence-corrected chi connectivity index (χ2v) is 10.5. The Bertz CT molecular complexity index is 1090. The molecule has 1 N–H and O–H groups in total. The number of halogens is 2. The first-order valence-electron chi connectivity index (χ1n) is 11.5. The van der Waals surface area contributed by atoms with Crippen molar-refractivity contribution in [2.45, 2.75) is 37.9 Å². The fourth-order valence-electron chi connectivity index (χ4n) is 5.50. The van der Waals surface area contributed by atoms with Crippen LogP contribution in [0.2, 0.25) is 5.02 Å². The number of ether oxygens (including phenoxy) is 1. The minimum absolute atomic E-state index is 0.0928. The van der Waals surface area contributed by atoms with Crippen molar-refractivity contribution >= 4 is 39.8 Å². The van der Waals surface area contributed by atoms with E-state index in [4.69, 9.17) is 16.3 Å². The zero-order valence-corrected chi connectivity index (χ0v) is 19.0. The molecule has 2 saturated heterocycles. The van der Waals surface area contributed by atoms with E-state index < -0.39 is 11.7 Å². The summed E-state index contributed by atoms with van der Waals surface area (Å²) < 4.78 is 19.8. The maximum Gasteiger partial charge on any atom is 0.229 e. The van der Waals surface area contributed by atoms with Crippen LogP contribution in [0.3, 0.4) is 0 Å². The summed E-state index contributed by atoms with van der Waals surface area (Å²) in [5, 5.41) is 5.61. The molecule has 170 valence electrons. The highest BCUT2D eigenvalue weighted by Crippen LogP contribution is 2.70. The predicted molar refractivity (Wildman–Crippen MR) is 123 cm³/mol. The Morgan fingerprint density at radius 1 is 1.22 bits per heavy atom. The van der Waals surface area contributed by atoms with Crippen molar-refractivity contribution in [2.75, 3.05) is 49.6 Å². The highest BCUT2D eigenvalue weighted by atomic mass is 35.5. The van der Waals surface area contributed by atoms with Crippen molar-refractivity contribution in [1.82, 2.24) is 9.88 Å². The molecular formula is C24H28ClFN4O2. The van der Waals surface area contributed by atoms with E-state index in [-0.39, 0.29) is 18.4 Å². The number of rotatable bonds is 4. The average molecular weight is 459 g/mol. The summed E-state index contributed by atoms with van der Waals surface area (Å²) in [6, 6.07) is 5.93. The number of hydrogen-bond acceptors (Lipinski definition) is 5. The SMILES string of the molecule is C[C@@]1(N2CCN(c3cc4cc(NC(=O)C5CC56CC6)ncc4cc3Cl)CC2)COC[C@@H]1F. The van der Waals surface area contributed by atoms with E-state index in [1.54, 1.807) is 6.20 Å². The third-order valence-corrected chi connectivity index (χ3v) is 8.42. The number of pyridine rings is 1. The predicted octanol–water partition coefficient (Wildman–Crippen LogP) is 3.88. The largest absolute Gasteiger partial charge is 0.376 e. The highest BCUT2D eigenvalue weighted by molar-refractivity contribution is 6.34. The minimum Gasteiger partial charge on any atom is -0.376 e. The third-order valence-electron chi connectivity index (χ3n) is 8.11. The van der Waals surface area contributed by atoms with Gasteiger partial charge in [-0.1, -0.05) is 11.6 Å². The van der Waals surface area contributed by atoms with Gasteiger partial charge in [0.25, 0.3) is 0 Å². The van der Waals surface area contributed by atoms with E-state index in [1.807, 2.05) is 19.1 Å². The molecule has 4 fully saturated rings. The lowest BCUT2D eigenvalue weighted by Gasteiger charge is -2.44. The molecule has 2 saturated carbocycles. The molecule has 3 heterocycles. The fourth-order valence-corrected chi connectivity index (χ4v) is 5.79. The number of benzene rings is 1. The van der Waals surface area contributed by atoms with Gasteiger partial charge in [0.05, 0.1) is 29.5 Å². The van der Waals surface area contributed by atoms with Gasteiger partial charge >= 0.3 is 0 Å². The van der Waals surface area contributed by atoms with Crippen LogP contribution in [0.25, 0.3) is 10.8 Å². The molecule has 6 nitrogen and oxygen atoms in total. The summed E-state index contributed by atoms with van der Waals surface area (Å²) in [7, 11) is 0. The monoisotopic (exact) mass is 458 g/mol. The molecule has 8 heteroatoms. The number of anilines is 2. The number of carbonyl (C=O) groups is 1. The number of hydrogen-bond donors (Lipinski definition) is 1. The molecule has 3 atom stereocenters. The summed E-state index contributed by atoms with van der Waals surface area (Å²) in [5.74, 6) is 0.842. The van der Waals surface area contributed by atoms with Crippen LogP contribution in [0.1, 0.15) is 26.2 Å². The van der Waals surface area contributed by atoms with Gasteiger partial charge in [-0.05, 0) is 55.2 Å². The van der Waals surface area contributed by atoms with Crippen molar-refractivity contribution in [3.05, 3.63) is 29.4 Å². The normalized spacial score (nSPS) is 31.3. The Morgan fingerprint density at radius 2 is 2.00 bits per heavy atom. The van der Waals surface area contributed by atoms with E-state index in [1.165, 1.54) is 12.8 Å². The zero-order valence-electron chi connectivity index (χ0n) is 18.2. The Morgan fingerprint density at radius 3 is 2.66 bits per heavy atom. The van der Waals surface area contributed by atoms with Gasteiger partial charge in [0.1, 0.15) is 12.0 Å². The van der Waals surface area contributed by atoms with Crippen LogP contribution in [0.4, 0.5) is 15.9 Å². The van der Waals surface area contributed by atoms with Crippen LogP contribution in [0, 0.1) is 11.3 Å². The number of nitrogens with zero attached hydrogens (tertiary/aromatic N) is 3. The summed E-state index contributed by atoms with van der Waals surface area (Å²) >= 11 is 6.63. The molecule has 1 spiro atoms. The Balaban J connectivity index is 1.18. The highest BCUT2D eigenvalue weighted by Gasteiger charge is 2.65. The maximum atomic E-state index is 14.4. The quantitative estimate of drug-likeness (QED) is 0.753. The standard InChI is InChI=1S/C24H28ClFN4O2/c1-23(14-32-13-20(23)26)30-6-4-29(5-7-30)19-9-15-10-21(27-12-16(15)8-18(19)25)28-22(31)17-11-24(17)2-3-24/h8-10,12,17,20H,2-7,11,13-14H2,1H3,(H,27,28,31)/t17?,20-,23+/m0/s1. The number of amides is 1. The molecule has 0 radical (unpaired) electrons. The van der Waals surface area contributed by atoms with Crippen molar-refractivity contribution < 1.29 is 13.9 Å². The first-order chi connectivity index (χ1) is 15.4. The summed E-state index contributed by atoms with van der Waals surface area (Å²) in [6.45, 7) is 5.64. The molecule has 2 aliphatic carbocycles. The smallest absolute Gasteiger partial charge is 0.229 e. The number of fused-ring (bicyclic) bond motifs is 1. The minimum atomic E-state index is -0.954. The number of aromatic nitrogens is 1. The molecule has 6 rings (SSSR count). The van der Waals surface area contributed by atoms with Crippen LogP contribution in [0.15, 0.2) is 24.4 Å². The van der Waals surface area contributed by atoms with Crippen molar-refractivity contribution in [3.8, 4) is 0 Å². The van der Waals surface area contributed by atoms with Gasteiger partial charge < -0.3 is 15.0 Å². The van der Waals surface area contributed by atoms with E-state index in [0.717, 1.165) is 49.1 Å². The molecule has 32 heavy (non-hydrogen) atoms. The van der Waals surface area contributed by atoms with Crippen LogP contribution < -0.4 is 10.2 Å². The van der Waals surface area contributed by atoms with Crippen LogP contribution in [-0.2, 0) is 9.53 Å². The average Bonchev–Trinajstić information content (AvgIpc) is 3.70. The number of nitrogens with one attached hydrogen (secondary N) is 1. The molecule has 0 bridgehead atoms. The van der Waals surface area contributed by atoms with Gasteiger partial charge in [-0.3, -0.25) is 9.69 Å². The number of carbonyl (C=O) groups excluding carboxylic acids is 1. The van der Waals surface area contributed by atoms with E-state index in [0.29, 0.717) is 22.9 Å². The van der Waals surface area contributed by atoms with E-state index >= 15 is 0 Å². The van der Waals surface area contributed by atoms with Crippen LogP contribution >= 0.6 is 11.6 Å².